The van der Waals surface area contributed by atoms with Crippen molar-refractivity contribution in [1.29, 1.82) is 0 Å². The number of hydrogen-bond donors (Lipinski definition) is 4. The number of phenols is 2. The number of thiazole rings is 1. The Labute approximate surface area is 140 Å². The fourth-order valence-corrected chi connectivity index (χ4v) is 2.90. The molecule has 0 saturated heterocycles. The molecule has 1 amide bonds. The van der Waals surface area contributed by atoms with Crippen molar-refractivity contribution in [3.8, 4) is 22.1 Å². The SMILES string of the molecule is O=C(c1csc(-c2cccc(O)c2O)n1)N(O)CCc1c[nH]cn1. The third-order valence-corrected chi connectivity index (χ3v) is 4.21. The molecule has 124 valence electrons. The van der Waals surface area contributed by atoms with Gasteiger partial charge >= 0.3 is 0 Å². The lowest BCUT2D eigenvalue weighted by Gasteiger charge is -2.12. The van der Waals surface area contributed by atoms with E-state index in [-0.39, 0.29) is 23.7 Å². The van der Waals surface area contributed by atoms with Gasteiger partial charge in [0.1, 0.15) is 10.7 Å². The summed E-state index contributed by atoms with van der Waals surface area (Å²) in [5, 5.41) is 31.7. The van der Waals surface area contributed by atoms with Crippen LogP contribution in [0.25, 0.3) is 10.6 Å². The number of hydroxylamine groups is 2. The van der Waals surface area contributed by atoms with Gasteiger partial charge in [0.05, 0.1) is 24.1 Å². The maximum Gasteiger partial charge on any atom is 0.296 e. The van der Waals surface area contributed by atoms with Crippen molar-refractivity contribution in [2.45, 2.75) is 6.42 Å². The highest BCUT2D eigenvalue weighted by Crippen LogP contribution is 2.37. The van der Waals surface area contributed by atoms with E-state index in [1.807, 2.05) is 0 Å². The second-order valence-corrected chi connectivity index (χ2v) is 5.81. The summed E-state index contributed by atoms with van der Waals surface area (Å²) in [6.07, 6.45) is 3.60. The Morgan fingerprint density at radius 2 is 2.17 bits per heavy atom. The summed E-state index contributed by atoms with van der Waals surface area (Å²) in [4.78, 5) is 23.1. The summed E-state index contributed by atoms with van der Waals surface area (Å²) in [6, 6.07) is 4.49. The van der Waals surface area contributed by atoms with Crippen LogP contribution in [0.3, 0.4) is 0 Å². The van der Waals surface area contributed by atoms with Crippen molar-refractivity contribution in [3.63, 3.8) is 0 Å². The number of aromatic hydroxyl groups is 2. The predicted octanol–water partition coefficient (Wildman–Crippen LogP) is 2.02. The number of nitrogens with one attached hydrogen (secondary N) is 1. The third kappa shape index (κ3) is 3.21. The van der Waals surface area contributed by atoms with Crippen LogP contribution in [0.2, 0.25) is 0 Å². The number of rotatable bonds is 5. The standard InChI is InChI=1S/C15H14N4O4S/c20-12-3-1-2-10(13(12)21)14-18-11(7-24-14)15(22)19(23)5-4-9-6-16-8-17-9/h1-3,6-8,20-21,23H,4-5H2,(H,16,17). The van der Waals surface area contributed by atoms with Crippen LogP contribution in [0.15, 0.2) is 36.1 Å². The smallest absolute Gasteiger partial charge is 0.296 e. The lowest BCUT2D eigenvalue weighted by molar-refractivity contribution is -0.0576. The van der Waals surface area contributed by atoms with E-state index in [0.717, 1.165) is 17.0 Å². The number of benzene rings is 1. The molecule has 3 aromatic rings. The number of carbonyl (C=O) groups excluding carboxylic acids is 1. The Balaban J connectivity index is 1.72. The second-order valence-electron chi connectivity index (χ2n) is 4.95. The molecular weight excluding hydrogens is 332 g/mol. The molecule has 0 radical (unpaired) electrons. The average molecular weight is 346 g/mol. The molecule has 9 heteroatoms. The van der Waals surface area contributed by atoms with Crippen LogP contribution < -0.4 is 0 Å². The van der Waals surface area contributed by atoms with E-state index >= 15 is 0 Å². The molecule has 0 aliphatic heterocycles. The minimum Gasteiger partial charge on any atom is -0.504 e. The van der Waals surface area contributed by atoms with Gasteiger partial charge in [-0.1, -0.05) is 6.07 Å². The van der Waals surface area contributed by atoms with Crippen LogP contribution in [0.5, 0.6) is 11.5 Å². The summed E-state index contributed by atoms with van der Waals surface area (Å²) < 4.78 is 0. The molecule has 2 aromatic heterocycles. The average Bonchev–Trinajstić information content (AvgIpc) is 3.26. The molecule has 0 unspecified atom stereocenters. The fourth-order valence-electron chi connectivity index (χ4n) is 2.08. The first kappa shape index (κ1) is 16.0. The Bertz CT molecular complexity index is 847. The van der Waals surface area contributed by atoms with E-state index in [1.54, 1.807) is 18.3 Å². The van der Waals surface area contributed by atoms with E-state index in [0.29, 0.717) is 22.1 Å². The zero-order valence-corrected chi connectivity index (χ0v) is 13.2. The maximum atomic E-state index is 12.2. The molecule has 0 bridgehead atoms. The van der Waals surface area contributed by atoms with Crippen LogP contribution in [0, 0.1) is 0 Å². The van der Waals surface area contributed by atoms with Gasteiger partial charge in [0.2, 0.25) is 0 Å². The topological polar surface area (TPSA) is 123 Å². The number of H-pyrrole nitrogens is 1. The molecule has 0 spiro atoms. The van der Waals surface area contributed by atoms with E-state index in [1.165, 1.54) is 17.8 Å². The zero-order valence-electron chi connectivity index (χ0n) is 12.4. The summed E-state index contributed by atoms with van der Waals surface area (Å²) >= 11 is 1.13. The van der Waals surface area contributed by atoms with Gasteiger partial charge in [-0.2, -0.15) is 0 Å². The largest absolute Gasteiger partial charge is 0.504 e. The van der Waals surface area contributed by atoms with Crippen LogP contribution in [0.1, 0.15) is 16.2 Å². The van der Waals surface area contributed by atoms with E-state index in [9.17, 15) is 20.2 Å². The number of para-hydroxylation sites is 1. The summed E-state index contributed by atoms with van der Waals surface area (Å²) in [5.74, 6) is -1.21. The van der Waals surface area contributed by atoms with Crippen LogP contribution in [-0.4, -0.2) is 47.9 Å². The number of phenolic OH excluding ortho intramolecular Hbond substituents is 2. The molecule has 2 heterocycles. The molecule has 24 heavy (non-hydrogen) atoms. The van der Waals surface area contributed by atoms with Crippen molar-refractivity contribution < 1.29 is 20.2 Å². The van der Waals surface area contributed by atoms with Gasteiger partial charge in [-0.3, -0.25) is 10.0 Å². The van der Waals surface area contributed by atoms with Gasteiger partial charge in [-0.15, -0.1) is 11.3 Å². The summed E-state index contributed by atoms with van der Waals surface area (Å²) in [6.45, 7) is 0.0773. The molecule has 0 atom stereocenters. The lowest BCUT2D eigenvalue weighted by atomic mass is 10.2. The van der Waals surface area contributed by atoms with Crippen molar-refractivity contribution in [2.24, 2.45) is 0 Å². The monoisotopic (exact) mass is 346 g/mol. The molecule has 0 aliphatic rings. The lowest BCUT2D eigenvalue weighted by Crippen LogP contribution is -2.29. The van der Waals surface area contributed by atoms with Crippen LogP contribution in [-0.2, 0) is 6.42 Å². The van der Waals surface area contributed by atoms with Gasteiger partial charge < -0.3 is 15.2 Å². The second kappa shape index (κ2) is 6.69. The third-order valence-electron chi connectivity index (χ3n) is 3.34. The molecular formula is C15H14N4O4S. The van der Waals surface area contributed by atoms with Crippen molar-refractivity contribution in [3.05, 3.63) is 47.5 Å². The summed E-state index contributed by atoms with van der Waals surface area (Å²) in [5.41, 5.74) is 1.10. The molecule has 0 saturated carbocycles. The predicted molar refractivity (Wildman–Crippen MR) is 86.0 cm³/mol. The highest BCUT2D eigenvalue weighted by molar-refractivity contribution is 7.13. The number of aromatic amines is 1. The molecule has 4 N–H and O–H groups in total. The maximum absolute atomic E-state index is 12.2. The number of imidazole rings is 1. The molecule has 8 nitrogen and oxygen atoms in total. The fraction of sp³-hybridized carbons (Fsp3) is 0.133. The quantitative estimate of drug-likeness (QED) is 0.318. The molecule has 3 rings (SSSR count). The minimum absolute atomic E-state index is 0.0577. The van der Waals surface area contributed by atoms with E-state index < -0.39 is 5.91 Å². The summed E-state index contributed by atoms with van der Waals surface area (Å²) in [7, 11) is 0. The zero-order chi connectivity index (χ0) is 17.1. The number of hydrogen-bond acceptors (Lipinski definition) is 7. The van der Waals surface area contributed by atoms with Crippen molar-refractivity contribution >= 4 is 17.2 Å². The number of amides is 1. The Kier molecular flexibility index (Phi) is 4.45. The van der Waals surface area contributed by atoms with Crippen LogP contribution in [0.4, 0.5) is 0 Å². The number of aromatic nitrogens is 3. The van der Waals surface area contributed by atoms with Crippen molar-refractivity contribution in [2.75, 3.05) is 6.54 Å². The first-order chi connectivity index (χ1) is 11.6. The molecule has 1 aromatic carbocycles. The Hall–Kier alpha value is -2.91. The van der Waals surface area contributed by atoms with Gasteiger partial charge in [-0.05, 0) is 12.1 Å². The van der Waals surface area contributed by atoms with E-state index in [2.05, 4.69) is 15.0 Å². The number of carbonyl (C=O) groups is 1. The van der Waals surface area contributed by atoms with Gasteiger partial charge in [-0.25, -0.2) is 15.0 Å². The Morgan fingerprint density at radius 1 is 1.33 bits per heavy atom. The van der Waals surface area contributed by atoms with Gasteiger partial charge in [0.25, 0.3) is 5.91 Å². The van der Waals surface area contributed by atoms with E-state index in [4.69, 9.17) is 0 Å². The van der Waals surface area contributed by atoms with Crippen molar-refractivity contribution in [1.82, 2.24) is 20.0 Å². The first-order valence-corrected chi connectivity index (χ1v) is 7.89. The first-order valence-electron chi connectivity index (χ1n) is 7.01. The minimum atomic E-state index is -0.646. The van der Waals surface area contributed by atoms with Gasteiger partial charge in [0.15, 0.2) is 11.5 Å². The molecule has 0 fully saturated rings. The highest BCUT2D eigenvalue weighted by Gasteiger charge is 2.19. The molecule has 0 aliphatic carbocycles. The highest BCUT2D eigenvalue weighted by atomic mass is 32.1. The van der Waals surface area contributed by atoms with Crippen LogP contribution >= 0.6 is 11.3 Å². The number of nitrogens with zero attached hydrogens (tertiary/aromatic N) is 3. The van der Waals surface area contributed by atoms with Gasteiger partial charge in [0, 0.05) is 18.0 Å². The Morgan fingerprint density at radius 3 is 2.92 bits per heavy atom. The normalized spacial score (nSPS) is 10.7.